The van der Waals surface area contributed by atoms with Gasteiger partial charge in [-0.05, 0) is 19.4 Å². The first-order valence-corrected chi connectivity index (χ1v) is 3.94. The van der Waals surface area contributed by atoms with E-state index in [0.29, 0.717) is 6.54 Å². The van der Waals surface area contributed by atoms with E-state index in [9.17, 15) is 0 Å². The Morgan fingerprint density at radius 1 is 1.55 bits per heavy atom. The van der Waals surface area contributed by atoms with Crippen LogP contribution in [0.15, 0.2) is 0 Å². The summed E-state index contributed by atoms with van der Waals surface area (Å²) in [4.78, 5) is 4.68. The van der Waals surface area contributed by atoms with Crippen LogP contribution in [0.1, 0.15) is 19.3 Å². The van der Waals surface area contributed by atoms with Gasteiger partial charge in [0.25, 0.3) is 0 Å². The number of nitrogens with two attached hydrogens (primary N) is 1. The fourth-order valence-corrected chi connectivity index (χ4v) is 0.889. The number of hydrogen-bond donors (Lipinski definition) is 3. The van der Waals surface area contributed by atoms with Crippen LogP contribution in [0.25, 0.3) is 0 Å². The van der Waals surface area contributed by atoms with Gasteiger partial charge in [-0.1, -0.05) is 6.42 Å². The molecule has 1 unspecified atom stereocenters. The molecule has 0 radical (unpaired) electrons. The van der Waals surface area contributed by atoms with Gasteiger partial charge in [0.2, 0.25) is 0 Å². The molecule has 0 saturated heterocycles. The van der Waals surface area contributed by atoms with Crippen molar-refractivity contribution in [2.24, 2.45) is 5.73 Å². The lowest BCUT2D eigenvalue weighted by Gasteiger charge is -2.13. The summed E-state index contributed by atoms with van der Waals surface area (Å²) in [6.45, 7) is 0.823. The highest BCUT2D eigenvalue weighted by Crippen LogP contribution is 1.98. The summed E-state index contributed by atoms with van der Waals surface area (Å²) in [5.41, 5.74) is 8.02. The van der Waals surface area contributed by atoms with Gasteiger partial charge in [0.15, 0.2) is 0 Å². The molecule has 0 aromatic carbocycles. The first-order valence-electron chi connectivity index (χ1n) is 3.94. The number of hydroxylamine groups is 1. The van der Waals surface area contributed by atoms with Crippen LogP contribution in [-0.4, -0.2) is 31.4 Å². The van der Waals surface area contributed by atoms with Gasteiger partial charge in [0.1, 0.15) is 0 Å². The molecule has 4 nitrogen and oxygen atoms in total. The van der Waals surface area contributed by atoms with E-state index in [0.717, 1.165) is 19.3 Å². The summed E-state index contributed by atoms with van der Waals surface area (Å²) in [5, 5.41) is 8.78. The fraction of sp³-hybridized carbons (Fsp3) is 1.00. The van der Waals surface area contributed by atoms with E-state index in [4.69, 9.17) is 10.8 Å². The molecule has 0 aromatic heterocycles. The summed E-state index contributed by atoms with van der Waals surface area (Å²) in [6.07, 6.45) is 2.93. The Balaban J connectivity index is 3.20. The minimum atomic E-state index is 0.0477. The SMILES string of the molecule is CONC(CO)CCCCN. The largest absolute Gasteiger partial charge is 0.395 e. The predicted octanol–water partition coefficient (Wildman–Crippen LogP) is -0.373. The van der Waals surface area contributed by atoms with Crippen LogP contribution in [0.2, 0.25) is 0 Å². The van der Waals surface area contributed by atoms with Gasteiger partial charge in [0, 0.05) is 0 Å². The highest BCUT2D eigenvalue weighted by atomic mass is 16.6. The van der Waals surface area contributed by atoms with Gasteiger partial charge in [-0.2, -0.15) is 5.48 Å². The number of nitrogens with one attached hydrogen (secondary N) is 1. The molecule has 0 aliphatic heterocycles. The van der Waals surface area contributed by atoms with Crippen molar-refractivity contribution in [3.63, 3.8) is 0 Å². The molecule has 11 heavy (non-hydrogen) atoms. The van der Waals surface area contributed by atoms with Gasteiger partial charge >= 0.3 is 0 Å². The van der Waals surface area contributed by atoms with Crippen LogP contribution in [0.5, 0.6) is 0 Å². The number of aliphatic hydroxyl groups is 1. The standard InChI is InChI=1S/C7H18N2O2/c1-11-9-7(6-10)4-2-3-5-8/h7,9-10H,2-6,8H2,1H3. The summed E-state index contributed by atoms with van der Waals surface area (Å²) in [6, 6.07) is 0.0477. The molecule has 0 aliphatic rings. The molecule has 0 aromatic rings. The van der Waals surface area contributed by atoms with E-state index in [1.807, 2.05) is 0 Å². The third-order valence-corrected chi connectivity index (χ3v) is 1.51. The van der Waals surface area contributed by atoms with Gasteiger partial charge < -0.3 is 15.7 Å². The summed E-state index contributed by atoms with van der Waals surface area (Å²) < 4.78 is 0. The minimum absolute atomic E-state index is 0.0477. The fourth-order valence-electron chi connectivity index (χ4n) is 0.889. The molecule has 0 amide bonds. The van der Waals surface area contributed by atoms with E-state index in [-0.39, 0.29) is 12.6 Å². The zero-order valence-electron chi connectivity index (χ0n) is 7.05. The van der Waals surface area contributed by atoms with Crippen molar-refractivity contribution in [1.82, 2.24) is 5.48 Å². The van der Waals surface area contributed by atoms with Crippen molar-refractivity contribution < 1.29 is 9.94 Å². The molecule has 68 valence electrons. The lowest BCUT2D eigenvalue weighted by atomic mass is 10.1. The van der Waals surface area contributed by atoms with Crippen LogP contribution in [0, 0.1) is 0 Å². The van der Waals surface area contributed by atoms with E-state index < -0.39 is 0 Å². The number of aliphatic hydroxyl groups excluding tert-OH is 1. The second kappa shape index (κ2) is 7.94. The van der Waals surface area contributed by atoms with Crippen molar-refractivity contribution >= 4 is 0 Å². The third-order valence-electron chi connectivity index (χ3n) is 1.51. The molecule has 0 aliphatic carbocycles. The number of hydrogen-bond acceptors (Lipinski definition) is 4. The normalized spacial score (nSPS) is 13.4. The van der Waals surface area contributed by atoms with E-state index >= 15 is 0 Å². The smallest absolute Gasteiger partial charge is 0.0607 e. The highest BCUT2D eigenvalue weighted by Gasteiger charge is 2.04. The van der Waals surface area contributed by atoms with Crippen LogP contribution >= 0.6 is 0 Å². The van der Waals surface area contributed by atoms with Crippen LogP contribution in [-0.2, 0) is 4.84 Å². The molecule has 0 saturated carbocycles. The van der Waals surface area contributed by atoms with Gasteiger partial charge in [-0.25, -0.2) is 0 Å². The van der Waals surface area contributed by atoms with Crippen molar-refractivity contribution in [2.45, 2.75) is 25.3 Å². The van der Waals surface area contributed by atoms with Gasteiger partial charge in [0.05, 0.1) is 19.8 Å². The zero-order chi connectivity index (χ0) is 8.53. The lowest BCUT2D eigenvalue weighted by molar-refractivity contribution is 0.0365. The molecule has 4 heteroatoms. The second-order valence-electron chi connectivity index (χ2n) is 2.49. The molecule has 0 rings (SSSR count). The Morgan fingerprint density at radius 2 is 2.27 bits per heavy atom. The van der Waals surface area contributed by atoms with Crippen molar-refractivity contribution in [3.05, 3.63) is 0 Å². The molecule has 0 bridgehead atoms. The Morgan fingerprint density at radius 3 is 2.73 bits per heavy atom. The Kier molecular flexibility index (Phi) is 7.83. The van der Waals surface area contributed by atoms with Crippen molar-refractivity contribution in [1.29, 1.82) is 0 Å². The first kappa shape index (κ1) is 10.8. The van der Waals surface area contributed by atoms with Crippen molar-refractivity contribution in [3.8, 4) is 0 Å². The summed E-state index contributed by atoms with van der Waals surface area (Å²) in [7, 11) is 1.55. The van der Waals surface area contributed by atoms with Crippen LogP contribution < -0.4 is 11.2 Å². The minimum Gasteiger partial charge on any atom is -0.395 e. The monoisotopic (exact) mass is 162 g/mol. The Bertz CT molecular complexity index is 80.8. The molecule has 0 spiro atoms. The van der Waals surface area contributed by atoms with Gasteiger partial charge in [-0.15, -0.1) is 0 Å². The molecular formula is C7H18N2O2. The first-order chi connectivity index (χ1) is 5.35. The second-order valence-corrected chi connectivity index (χ2v) is 2.49. The van der Waals surface area contributed by atoms with E-state index in [2.05, 4.69) is 10.3 Å². The molecule has 0 fully saturated rings. The van der Waals surface area contributed by atoms with E-state index in [1.165, 1.54) is 0 Å². The number of rotatable bonds is 7. The molecule has 1 atom stereocenters. The van der Waals surface area contributed by atoms with Gasteiger partial charge in [-0.3, -0.25) is 0 Å². The number of unbranched alkanes of at least 4 members (excludes halogenated alkanes) is 1. The lowest BCUT2D eigenvalue weighted by Crippen LogP contribution is -2.31. The molecule has 0 heterocycles. The average Bonchev–Trinajstić information content (AvgIpc) is 2.03. The quantitative estimate of drug-likeness (QED) is 0.353. The van der Waals surface area contributed by atoms with Crippen LogP contribution in [0.3, 0.4) is 0 Å². The van der Waals surface area contributed by atoms with E-state index in [1.54, 1.807) is 7.11 Å². The average molecular weight is 162 g/mol. The topological polar surface area (TPSA) is 67.5 Å². The van der Waals surface area contributed by atoms with Crippen molar-refractivity contribution in [2.75, 3.05) is 20.3 Å². The van der Waals surface area contributed by atoms with Crippen LogP contribution in [0.4, 0.5) is 0 Å². The third kappa shape index (κ3) is 6.25. The maximum atomic E-state index is 8.78. The Labute approximate surface area is 67.7 Å². The Hall–Kier alpha value is -0.160. The molecular weight excluding hydrogens is 144 g/mol. The maximum absolute atomic E-state index is 8.78. The highest BCUT2D eigenvalue weighted by molar-refractivity contribution is 4.59. The predicted molar refractivity (Wildman–Crippen MR) is 43.9 cm³/mol. The zero-order valence-corrected chi connectivity index (χ0v) is 7.05. The maximum Gasteiger partial charge on any atom is 0.0607 e. The summed E-state index contributed by atoms with van der Waals surface area (Å²) in [5.74, 6) is 0. The molecule has 4 N–H and O–H groups in total. The summed E-state index contributed by atoms with van der Waals surface area (Å²) >= 11 is 0.